The Morgan fingerprint density at radius 2 is 1.89 bits per heavy atom. The summed E-state index contributed by atoms with van der Waals surface area (Å²) in [6.07, 6.45) is 0. The van der Waals surface area contributed by atoms with Crippen LogP contribution in [0.15, 0.2) is 0 Å². The Morgan fingerprint density at radius 3 is 2.00 bits per heavy atom. The highest BCUT2D eigenvalue weighted by atomic mass is 35.5. The average molecular weight is 175 g/mol. The van der Waals surface area contributed by atoms with E-state index in [0.717, 1.165) is 0 Å². The van der Waals surface area contributed by atoms with E-state index in [0.29, 0.717) is 13.2 Å². The molecule has 58 valence electrons. The highest BCUT2D eigenvalue weighted by Gasteiger charge is 1.73. The second-order valence-corrected chi connectivity index (χ2v) is 1.83. The fraction of sp³-hybridized carbons (Fsp3) is 1.00. The fourth-order valence-electron chi connectivity index (χ4n) is 0.209. The number of alkyl halides is 2. The summed E-state index contributed by atoms with van der Waals surface area (Å²) in [7, 11) is 0. The number of hydrogen-bond acceptors (Lipinski definition) is 2. The van der Waals surface area contributed by atoms with Gasteiger partial charge in [-0.15, -0.1) is 23.2 Å². The summed E-state index contributed by atoms with van der Waals surface area (Å²) in [5.74, 6) is 0. The van der Waals surface area contributed by atoms with Gasteiger partial charge in [-0.2, -0.15) is 0 Å². The van der Waals surface area contributed by atoms with E-state index >= 15 is 0 Å². The predicted octanol–water partition coefficient (Wildman–Crippen LogP) is 1.44. The van der Waals surface area contributed by atoms with Gasteiger partial charge in [-0.1, -0.05) is 0 Å². The van der Waals surface area contributed by atoms with Gasteiger partial charge in [0.1, 0.15) is 0 Å². The van der Waals surface area contributed by atoms with Crippen molar-refractivity contribution in [1.82, 2.24) is 0 Å². The van der Waals surface area contributed by atoms with E-state index in [1.165, 1.54) is 0 Å². The highest BCUT2D eigenvalue weighted by molar-refractivity contribution is 6.40. The Hall–Kier alpha value is 0.500. The summed E-state index contributed by atoms with van der Waals surface area (Å²) in [5, 5.41) is 8.27. The molecule has 0 saturated heterocycles. The van der Waals surface area contributed by atoms with Gasteiger partial charge in [0.15, 0.2) is 0 Å². The molecule has 0 fully saturated rings. The molecule has 0 aromatic heterocycles. The number of aliphatic hydroxyl groups is 1. The maximum Gasteiger partial charge on any atom is 0.0967 e. The van der Waals surface area contributed by atoms with Crippen molar-refractivity contribution in [2.24, 2.45) is 0 Å². The Bertz CT molecular complexity index is 32.1. The van der Waals surface area contributed by atoms with E-state index in [1.54, 1.807) is 0 Å². The quantitative estimate of drug-likeness (QED) is 0.519. The Balaban J connectivity index is 0. The summed E-state index contributed by atoms with van der Waals surface area (Å²) in [6, 6.07) is 0. The van der Waals surface area contributed by atoms with Crippen LogP contribution in [0.25, 0.3) is 0 Å². The minimum atomic E-state index is 0.133. The summed E-state index contributed by atoms with van der Waals surface area (Å²) < 4.78 is 4.73. The van der Waals surface area contributed by atoms with E-state index < -0.39 is 0 Å². The zero-order valence-corrected chi connectivity index (χ0v) is 6.95. The van der Waals surface area contributed by atoms with Crippen molar-refractivity contribution in [2.45, 2.75) is 6.92 Å². The molecule has 0 aliphatic rings. The molecule has 2 nitrogen and oxygen atoms in total. The first-order valence-corrected chi connectivity index (χ1v) is 3.70. The lowest BCUT2D eigenvalue weighted by Crippen LogP contribution is -1.96. The van der Waals surface area contributed by atoms with E-state index in [-0.39, 0.29) is 11.9 Å². The largest absolute Gasteiger partial charge is 0.394 e. The van der Waals surface area contributed by atoms with Crippen molar-refractivity contribution in [3.05, 3.63) is 0 Å². The van der Waals surface area contributed by atoms with Crippen molar-refractivity contribution in [3.63, 3.8) is 0 Å². The summed E-state index contributed by atoms with van der Waals surface area (Å²) in [6.45, 7) is 3.20. The molecular formula is C5H12Cl2O2. The SMILES string of the molecule is CCOCCO.ClCCl. The van der Waals surface area contributed by atoms with Crippen LogP contribution in [0, 0.1) is 0 Å². The Morgan fingerprint density at radius 1 is 1.44 bits per heavy atom. The summed E-state index contributed by atoms with van der Waals surface area (Å²) in [4.78, 5) is 0. The van der Waals surface area contributed by atoms with Crippen LogP contribution in [-0.2, 0) is 4.74 Å². The van der Waals surface area contributed by atoms with Gasteiger partial charge >= 0.3 is 0 Å². The van der Waals surface area contributed by atoms with Crippen molar-refractivity contribution in [2.75, 3.05) is 25.2 Å². The van der Waals surface area contributed by atoms with Crippen molar-refractivity contribution in [1.29, 1.82) is 0 Å². The smallest absolute Gasteiger partial charge is 0.0967 e. The third-order valence-electron chi connectivity index (χ3n) is 0.440. The van der Waals surface area contributed by atoms with E-state index in [4.69, 9.17) is 33.0 Å². The first kappa shape index (κ1) is 12.2. The zero-order chi connectivity index (χ0) is 7.54. The van der Waals surface area contributed by atoms with E-state index in [1.807, 2.05) is 6.92 Å². The second kappa shape index (κ2) is 15.8. The zero-order valence-electron chi connectivity index (χ0n) is 5.44. The van der Waals surface area contributed by atoms with Gasteiger partial charge < -0.3 is 9.84 Å². The molecule has 0 radical (unpaired) electrons. The lowest BCUT2D eigenvalue weighted by atomic mass is 10.8. The molecule has 9 heavy (non-hydrogen) atoms. The molecule has 0 amide bonds. The molecule has 1 N–H and O–H groups in total. The van der Waals surface area contributed by atoms with Gasteiger partial charge in [0, 0.05) is 6.61 Å². The fourth-order valence-corrected chi connectivity index (χ4v) is 0.209. The number of ether oxygens (including phenoxy) is 1. The van der Waals surface area contributed by atoms with Crippen LogP contribution in [0.3, 0.4) is 0 Å². The summed E-state index contributed by atoms with van der Waals surface area (Å²) in [5.41, 5.74) is 0. The molecule has 0 bridgehead atoms. The van der Waals surface area contributed by atoms with Crippen LogP contribution in [0.1, 0.15) is 6.92 Å². The first-order valence-electron chi connectivity index (χ1n) is 2.64. The van der Waals surface area contributed by atoms with Gasteiger partial charge in [-0.3, -0.25) is 0 Å². The highest BCUT2D eigenvalue weighted by Crippen LogP contribution is 1.73. The minimum absolute atomic E-state index is 0.133. The topological polar surface area (TPSA) is 29.5 Å². The normalized spacial score (nSPS) is 8.00. The molecule has 0 unspecified atom stereocenters. The molecule has 0 aliphatic carbocycles. The van der Waals surface area contributed by atoms with Crippen LogP contribution >= 0.6 is 23.2 Å². The minimum Gasteiger partial charge on any atom is -0.394 e. The Labute approximate surface area is 65.7 Å². The molecule has 4 heteroatoms. The van der Waals surface area contributed by atoms with Gasteiger partial charge in [0.25, 0.3) is 0 Å². The van der Waals surface area contributed by atoms with Crippen molar-refractivity contribution >= 4 is 23.2 Å². The molecule has 0 aromatic carbocycles. The van der Waals surface area contributed by atoms with E-state index in [9.17, 15) is 0 Å². The van der Waals surface area contributed by atoms with Gasteiger partial charge in [0.05, 0.1) is 18.6 Å². The van der Waals surface area contributed by atoms with Crippen LogP contribution in [0.4, 0.5) is 0 Å². The van der Waals surface area contributed by atoms with Crippen molar-refractivity contribution < 1.29 is 9.84 Å². The molecule has 0 saturated carbocycles. The number of hydrogen-bond donors (Lipinski definition) is 1. The number of rotatable bonds is 3. The average Bonchev–Trinajstić information content (AvgIpc) is 1.86. The first-order chi connectivity index (χ1) is 4.33. The second-order valence-electron chi connectivity index (χ2n) is 1.02. The molecule has 0 aromatic rings. The monoisotopic (exact) mass is 174 g/mol. The van der Waals surface area contributed by atoms with Crippen LogP contribution < -0.4 is 0 Å². The van der Waals surface area contributed by atoms with Crippen LogP contribution in [-0.4, -0.2) is 30.3 Å². The maximum absolute atomic E-state index is 8.07. The van der Waals surface area contributed by atoms with Gasteiger partial charge in [0.2, 0.25) is 0 Å². The molecular weight excluding hydrogens is 163 g/mol. The van der Waals surface area contributed by atoms with Gasteiger partial charge in [-0.05, 0) is 6.92 Å². The standard InChI is InChI=1S/C4H10O2.CH2Cl2/c1-2-6-4-3-5;2-1-3/h5H,2-4H2,1H3;1H2. The molecule has 0 spiro atoms. The maximum atomic E-state index is 8.07. The lowest BCUT2D eigenvalue weighted by molar-refractivity contribution is 0.102. The third kappa shape index (κ3) is 29.3. The molecule has 0 heterocycles. The van der Waals surface area contributed by atoms with E-state index in [2.05, 4.69) is 0 Å². The third-order valence-corrected chi connectivity index (χ3v) is 0.440. The molecule has 0 rings (SSSR count). The lowest BCUT2D eigenvalue weighted by Gasteiger charge is -1.91. The summed E-state index contributed by atoms with van der Waals surface area (Å²) >= 11 is 9.53. The van der Waals surface area contributed by atoms with Gasteiger partial charge in [-0.25, -0.2) is 0 Å². The predicted molar refractivity (Wildman–Crippen MR) is 40.2 cm³/mol. The molecule has 0 atom stereocenters. The van der Waals surface area contributed by atoms with Crippen molar-refractivity contribution in [3.8, 4) is 0 Å². The number of aliphatic hydroxyl groups excluding tert-OH is 1. The Kier molecular flexibility index (Phi) is 21.4. The molecule has 0 aliphatic heterocycles. The van der Waals surface area contributed by atoms with Crippen LogP contribution in [0.5, 0.6) is 0 Å². The van der Waals surface area contributed by atoms with Crippen LogP contribution in [0.2, 0.25) is 0 Å². The number of halogens is 2.